The van der Waals surface area contributed by atoms with Gasteiger partial charge in [-0.15, -0.1) is 5.10 Å². The second-order valence-electron chi connectivity index (χ2n) is 7.01. The molecule has 2 aliphatic heterocycles. The Hall–Kier alpha value is -1.95. The van der Waals surface area contributed by atoms with Crippen molar-refractivity contribution in [2.24, 2.45) is 5.10 Å². The number of rotatable bonds is 7. The number of ether oxygens (including phenoxy) is 1. The lowest BCUT2D eigenvalue weighted by molar-refractivity contribution is 0.000584. The Bertz CT molecular complexity index is 1020. The minimum Gasteiger partial charge on any atom is -0.445 e. The highest BCUT2D eigenvalue weighted by Gasteiger charge is 2.29. The smallest absolute Gasteiger partial charge is 0.294 e. The Morgan fingerprint density at radius 2 is 2.06 bits per heavy atom. The molecular weight excluding hydrogens is 485 g/mol. The van der Waals surface area contributed by atoms with Gasteiger partial charge in [-0.2, -0.15) is 11.8 Å². The first kappa shape index (κ1) is 23.2. The largest absolute Gasteiger partial charge is 0.445 e. The zero-order valence-electron chi connectivity index (χ0n) is 16.7. The van der Waals surface area contributed by atoms with Crippen molar-refractivity contribution in [3.8, 4) is 0 Å². The first-order valence-electron chi connectivity index (χ1n) is 9.77. The maximum absolute atomic E-state index is 15.0. The van der Waals surface area contributed by atoms with Crippen LogP contribution in [0.15, 0.2) is 47.6 Å². The van der Waals surface area contributed by atoms with E-state index in [0.717, 1.165) is 11.5 Å². The molecule has 1 saturated heterocycles. The summed E-state index contributed by atoms with van der Waals surface area (Å²) in [7, 11) is 0. The molecule has 0 bridgehead atoms. The SMILES string of the molecule is O=S(N1CCSCC1)N(Cc1ccc(C2=NNC(C(F)F)O2)cc1F)c1cccc(Cl)c1. The summed E-state index contributed by atoms with van der Waals surface area (Å²) in [5, 5.41) is 4.18. The highest BCUT2D eigenvalue weighted by molar-refractivity contribution is 7.99. The summed E-state index contributed by atoms with van der Waals surface area (Å²) < 4.78 is 62.3. The van der Waals surface area contributed by atoms with E-state index < -0.39 is 29.6 Å². The molecular formula is C20H20ClF3N4O2S2. The summed E-state index contributed by atoms with van der Waals surface area (Å²) in [6.45, 7) is 1.34. The molecule has 1 fully saturated rings. The molecule has 1 N–H and O–H groups in total. The number of hydrazone groups is 1. The third-order valence-corrected chi connectivity index (χ3v) is 7.55. The van der Waals surface area contributed by atoms with Crippen molar-refractivity contribution in [2.45, 2.75) is 19.2 Å². The minimum atomic E-state index is -2.77. The van der Waals surface area contributed by atoms with Crippen molar-refractivity contribution in [3.05, 3.63) is 64.4 Å². The van der Waals surface area contributed by atoms with Crippen LogP contribution in [0.25, 0.3) is 0 Å². The predicted octanol–water partition coefficient (Wildman–Crippen LogP) is 3.99. The van der Waals surface area contributed by atoms with Crippen molar-refractivity contribution < 1.29 is 22.1 Å². The van der Waals surface area contributed by atoms with E-state index in [9.17, 15) is 17.4 Å². The number of nitrogens with one attached hydrogen (secondary N) is 1. The zero-order chi connectivity index (χ0) is 22.7. The van der Waals surface area contributed by atoms with Crippen molar-refractivity contribution in [1.29, 1.82) is 0 Å². The molecule has 2 atom stereocenters. The number of hydrogen-bond acceptors (Lipinski definition) is 5. The molecule has 12 heteroatoms. The van der Waals surface area contributed by atoms with Crippen LogP contribution in [0.4, 0.5) is 18.9 Å². The van der Waals surface area contributed by atoms with E-state index in [-0.39, 0.29) is 23.6 Å². The predicted molar refractivity (Wildman–Crippen MR) is 122 cm³/mol. The molecule has 32 heavy (non-hydrogen) atoms. The third kappa shape index (κ3) is 5.33. The van der Waals surface area contributed by atoms with Crippen LogP contribution in [-0.2, 0) is 22.5 Å². The number of nitrogens with zero attached hydrogens (tertiary/aromatic N) is 3. The van der Waals surface area contributed by atoms with Crippen molar-refractivity contribution >= 4 is 46.1 Å². The van der Waals surface area contributed by atoms with E-state index in [0.29, 0.717) is 23.8 Å². The van der Waals surface area contributed by atoms with E-state index in [4.69, 9.17) is 16.3 Å². The number of anilines is 1. The topological polar surface area (TPSA) is 57.2 Å². The maximum Gasteiger partial charge on any atom is 0.294 e. The van der Waals surface area contributed by atoms with Crippen LogP contribution in [0.2, 0.25) is 5.02 Å². The molecule has 2 aliphatic rings. The summed E-state index contributed by atoms with van der Waals surface area (Å²) in [6, 6.07) is 11.1. The number of alkyl halides is 2. The molecule has 0 aliphatic carbocycles. The summed E-state index contributed by atoms with van der Waals surface area (Å²) >= 11 is 6.39. The van der Waals surface area contributed by atoms with Gasteiger partial charge in [-0.25, -0.2) is 21.7 Å². The molecule has 0 aromatic heterocycles. The number of benzene rings is 2. The molecule has 0 amide bonds. The van der Waals surface area contributed by atoms with Gasteiger partial charge in [-0.1, -0.05) is 23.7 Å². The van der Waals surface area contributed by atoms with Crippen LogP contribution < -0.4 is 9.73 Å². The Kier molecular flexibility index (Phi) is 7.49. The zero-order valence-corrected chi connectivity index (χ0v) is 19.1. The number of hydrogen-bond donors (Lipinski definition) is 1. The standard InChI is InChI=1S/C20H20ClF3N4O2S2/c21-15-2-1-3-16(11-15)28(32(29)27-6-8-31-9-7-27)12-14-5-4-13(10-17(14)22)19-25-26-20(30-19)18(23)24/h1-5,10-11,18,20,26H,6-9,12H2. The minimum absolute atomic E-state index is 0.0218. The second-order valence-corrected chi connectivity index (χ2v) is 10.1. The van der Waals surface area contributed by atoms with Gasteiger partial charge in [0.05, 0.1) is 12.2 Å². The van der Waals surface area contributed by atoms with Crippen LogP contribution in [0.3, 0.4) is 0 Å². The quantitative estimate of drug-likeness (QED) is 0.619. The maximum atomic E-state index is 15.0. The van der Waals surface area contributed by atoms with E-state index in [1.807, 2.05) is 4.31 Å². The van der Waals surface area contributed by atoms with Crippen molar-refractivity contribution in [1.82, 2.24) is 9.73 Å². The van der Waals surface area contributed by atoms with E-state index >= 15 is 0 Å². The summed E-state index contributed by atoms with van der Waals surface area (Å²) in [5.74, 6) is 1.04. The molecule has 0 radical (unpaired) electrons. The summed E-state index contributed by atoms with van der Waals surface area (Å²) in [4.78, 5) is 0. The molecule has 4 rings (SSSR count). The Labute approximate surface area is 195 Å². The molecule has 172 valence electrons. The Balaban J connectivity index is 1.57. The van der Waals surface area contributed by atoms with Gasteiger partial charge in [0.1, 0.15) is 5.82 Å². The fraction of sp³-hybridized carbons (Fsp3) is 0.350. The normalized spacial score (nSPS) is 19.9. The second kappa shape index (κ2) is 10.3. The van der Waals surface area contributed by atoms with Crippen molar-refractivity contribution in [2.75, 3.05) is 28.9 Å². The first-order chi connectivity index (χ1) is 15.4. The van der Waals surface area contributed by atoms with Gasteiger partial charge in [0, 0.05) is 40.7 Å². The van der Waals surface area contributed by atoms with Gasteiger partial charge in [-0.05, 0) is 30.3 Å². The third-order valence-electron chi connectivity index (χ3n) is 4.85. The lowest BCUT2D eigenvalue weighted by Crippen LogP contribution is -2.42. The monoisotopic (exact) mass is 504 g/mol. The first-order valence-corrected chi connectivity index (χ1v) is 12.4. The molecule has 0 spiro atoms. The highest BCUT2D eigenvalue weighted by atomic mass is 35.5. The van der Waals surface area contributed by atoms with E-state index in [1.165, 1.54) is 18.2 Å². The fourth-order valence-corrected chi connectivity index (χ4v) is 5.84. The average molecular weight is 505 g/mol. The summed E-state index contributed by atoms with van der Waals surface area (Å²) in [5.41, 5.74) is 3.29. The van der Waals surface area contributed by atoms with Gasteiger partial charge in [0.2, 0.25) is 12.1 Å². The van der Waals surface area contributed by atoms with Crippen LogP contribution in [0.5, 0.6) is 0 Å². The molecule has 2 heterocycles. The van der Waals surface area contributed by atoms with Gasteiger partial charge in [0.15, 0.2) is 11.2 Å². The van der Waals surface area contributed by atoms with Crippen LogP contribution in [0.1, 0.15) is 11.1 Å². The number of thioether (sulfide) groups is 1. The summed E-state index contributed by atoms with van der Waals surface area (Å²) in [6.07, 6.45) is -4.33. The van der Waals surface area contributed by atoms with Crippen LogP contribution >= 0.6 is 23.4 Å². The lowest BCUT2D eigenvalue weighted by Gasteiger charge is -2.32. The molecule has 2 aromatic rings. The molecule has 0 saturated carbocycles. The van der Waals surface area contributed by atoms with Gasteiger partial charge in [0.25, 0.3) is 6.43 Å². The van der Waals surface area contributed by atoms with E-state index in [1.54, 1.807) is 40.3 Å². The molecule has 2 unspecified atom stereocenters. The van der Waals surface area contributed by atoms with Gasteiger partial charge < -0.3 is 4.74 Å². The Morgan fingerprint density at radius 3 is 2.72 bits per heavy atom. The van der Waals surface area contributed by atoms with Crippen LogP contribution in [-0.4, -0.2) is 51.7 Å². The molecule has 2 aromatic carbocycles. The van der Waals surface area contributed by atoms with E-state index in [2.05, 4.69) is 10.5 Å². The highest BCUT2D eigenvalue weighted by Crippen LogP contribution is 2.27. The van der Waals surface area contributed by atoms with Crippen LogP contribution in [0, 0.1) is 5.82 Å². The Morgan fingerprint density at radius 1 is 1.28 bits per heavy atom. The lowest BCUT2D eigenvalue weighted by atomic mass is 10.1. The average Bonchev–Trinajstić information content (AvgIpc) is 3.29. The van der Waals surface area contributed by atoms with Gasteiger partial charge in [-0.3, -0.25) is 9.73 Å². The molecule has 6 nitrogen and oxygen atoms in total. The fourth-order valence-electron chi connectivity index (χ4n) is 3.21. The number of halogens is 4. The van der Waals surface area contributed by atoms with Gasteiger partial charge >= 0.3 is 0 Å². The van der Waals surface area contributed by atoms with Crippen molar-refractivity contribution in [3.63, 3.8) is 0 Å².